The fraction of sp³-hybridized carbons (Fsp3) is 0.375. The lowest BCUT2D eigenvalue weighted by Crippen LogP contribution is -2.26. The molecule has 1 aromatic carbocycles. The molecule has 3 rings (SSSR count). The van der Waals surface area contributed by atoms with Gasteiger partial charge in [-0.2, -0.15) is 5.10 Å². The number of nitrogens with one attached hydrogen (secondary N) is 1. The predicted octanol–water partition coefficient (Wildman–Crippen LogP) is 5.11. The van der Waals surface area contributed by atoms with Gasteiger partial charge in [0.25, 0.3) is 11.8 Å². The summed E-state index contributed by atoms with van der Waals surface area (Å²) >= 11 is 6.26. The van der Waals surface area contributed by atoms with Gasteiger partial charge in [0.15, 0.2) is 5.76 Å². The molecule has 0 saturated carbocycles. The molecule has 0 unspecified atom stereocenters. The van der Waals surface area contributed by atoms with Crippen molar-refractivity contribution in [2.24, 2.45) is 0 Å². The van der Waals surface area contributed by atoms with E-state index in [9.17, 15) is 9.59 Å². The number of halogens is 1. The van der Waals surface area contributed by atoms with Crippen LogP contribution < -0.4 is 10.1 Å². The Kier molecular flexibility index (Phi) is 7.48. The van der Waals surface area contributed by atoms with Gasteiger partial charge >= 0.3 is 0 Å². The van der Waals surface area contributed by atoms with E-state index >= 15 is 0 Å². The Balaban J connectivity index is 1.73. The minimum absolute atomic E-state index is 0.109. The number of aromatic nitrogens is 2. The largest absolute Gasteiger partial charge is 0.485 e. The quantitative estimate of drug-likeness (QED) is 0.491. The Morgan fingerprint density at radius 2 is 2.00 bits per heavy atom. The van der Waals surface area contributed by atoms with Gasteiger partial charge in [0.05, 0.1) is 11.9 Å². The summed E-state index contributed by atoms with van der Waals surface area (Å²) < 4.78 is 13.2. The molecule has 0 saturated heterocycles. The lowest BCUT2D eigenvalue weighted by molar-refractivity contribution is 0.0816. The van der Waals surface area contributed by atoms with E-state index in [1.54, 1.807) is 30.9 Å². The van der Waals surface area contributed by atoms with Crippen molar-refractivity contribution in [3.8, 4) is 5.75 Å². The van der Waals surface area contributed by atoms with Crippen molar-refractivity contribution in [1.82, 2.24) is 14.7 Å². The smallest absolute Gasteiger partial charge is 0.291 e. The third-order valence-corrected chi connectivity index (χ3v) is 5.57. The van der Waals surface area contributed by atoms with Gasteiger partial charge in [-0.15, -0.1) is 0 Å². The monoisotopic (exact) mass is 472 g/mol. The number of carbonyl (C=O) groups excluding carboxylic acids is 2. The molecule has 0 aliphatic rings. The van der Waals surface area contributed by atoms with Crippen LogP contribution in [0.2, 0.25) is 5.02 Å². The van der Waals surface area contributed by atoms with Crippen LogP contribution in [0.3, 0.4) is 0 Å². The number of benzene rings is 1. The summed E-state index contributed by atoms with van der Waals surface area (Å²) in [5.41, 5.74) is 2.56. The second-order valence-electron chi connectivity index (χ2n) is 8.22. The first-order chi connectivity index (χ1) is 15.6. The maximum atomic E-state index is 12.7. The summed E-state index contributed by atoms with van der Waals surface area (Å²) in [6.07, 6.45) is 1.46. The summed E-state index contributed by atoms with van der Waals surface area (Å²) in [6.45, 7) is 8.58. The van der Waals surface area contributed by atoms with Crippen molar-refractivity contribution < 1.29 is 18.7 Å². The second kappa shape index (κ2) is 10.1. The number of ether oxygens (including phenoxy) is 1. The summed E-state index contributed by atoms with van der Waals surface area (Å²) in [7, 11) is 3.29. The van der Waals surface area contributed by atoms with E-state index < -0.39 is 5.91 Å². The molecule has 33 heavy (non-hydrogen) atoms. The molecular formula is C24H29ClN4O4. The number of aryl methyl sites for hydroxylation is 2. The number of carbonyl (C=O) groups is 2. The van der Waals surface area contributed by atoms with E-state index in [4.69, 9.17) is 20.8 Å². The molecule has 3 aromatic rings. The molecule has 2 amide bonds. The molecule has 8 nitrogen and oxygen atoms in total. The van der Waals surface area contributed by atoms with Crippen LogP contribution in [0, 0.1) is 6.92 Å². The lowest BCUT2D eigenvalue weighted by atomic mass is 10.0. The van der Waals surface area contributed by atoms with Crippen molar-refractivity contribution in [3.05, 3.63) is 63.8 Å². The lowest BCUT2D eigenvalue weighted by Gasteiger charge is -2.15. The fourth-order valence-corrected chi connectivity index (χ4v) is 3.48. The highest BCUT2D eigenvalue weighted by atomic mass is 35.5. The Hall–Kier alpha value is -3.26. The highest BCUT2D eigenvalue weighted by Crippen LogP contribution is 2.32. The number of amides is 2. The molecule has 0 fully saturated rings. The minimum Gasteiger partial charge on any atom is -0.485 e. The third kappa shape index (κ3) is 5.39. The molecule has 0 atom stereocenters. The van der Waals surface area contributed by atoms with Gasteiger partial charge < -0.3 is 19.4 Å². The minimum atomic E-state index is -0.477. The van der Waals surface area contributed by atoms with Crippen molar-refractivity contribution in [2.45, 2.75) is 46.8 Å². The van der Waals surface area contributed by atoms with E-state index in [2.05, 4.69) is 24.3 Å². The molecule has 0 aliphatic heterocycles. The molecule has 0 spiro atoms. The van der Waals surface area contributed by atoms with Crippen LogP contribution in [-0.4, -0.2) is 40.6 Å². The maximum Gasteiger partial charge on any atom is 0.291 e. The average Bonchev–Trinajstić information content (AvgIpc) is 3.40. The van der Waals surface area contributed by atoms with Crippen molar-refractivity contribution >= 4 is 29.1 Å². The van der Waals surface area contributed by atoms with Crippen LogP contribution in [0.25, 0.3) is 0 Å². The number of hydrogen-bond acceptors (Lipinski definition) is 5. The van der Waals surface area contributed by atoms with Crippen LogP contribution in [0.15, 0.2) is 34.9 Å². The maximum absolute atomic E-state index is 12.7. The Labute approximate surface area is 198 Å². The Morgan fingerprint density at radius 1 is 1.27 bits per heavy atom. The van der Waals surface area contributed by atoms with Crippen LogP contribution >= 0.6 is 11.6 Å². The zero-order chi connectivity index (χ0) is 24.3. The van der Waals surface area contributed by atoms with Gasteiger partial charge in [-0.05, 0) is 55.2 Å². The van der Waals surface area contributed by atoms with Crippen molar-refractivity contribution in [2.75, 3.05) is 19.4 Å². The highest BCUT2D eigenvalue weighted by Gasteiger charge is 2.22. The molecule has 176 valence electrons. The Bertz CT molecular complexity index is 1160. The van der Waals surface area contributed by atoms with Crippen molar-refractivity contribution in [3.63, 3.8) is 0 Å². The van der Waals surface area contributed by atoms with E-state index in [-0.39, 0.29) is 24.2 Å². The molecule has 9 heteroatoms. The summed E-state index contributed by atoms with van der Waals surface area (Å²) in [5.74, 6) is 0.841. The zero-order valence-electron chi connectivity index (χ0n) is 19.7. The second-order valence-corrected chi connectivity index (χ2v) is 8.63. The summed E-state index contributed by atoms with van der Waals surface area (Å²) in [5, 5.41) is 7.60. The van der Waals surface area contributed by atoms with Crippen LogP contribution in [0.5, 0.6) is 5.75 Å². The Morgan fingerprint density at radius 3 is 2.64 bits per heavy atom. The zero-order valence-corrected chi connectivity index (χ0v) is 20.5. The van der Waals surface area contributed by atoms with Gasteiger partial charge in [0.2, 0.25) is 0 Å². The van der Waals surface area contributed by atoms with Crippen LogP contribution in [0.1, 0.15) is 64.6 Å². The SMILES string of the molecule is CCn1ncc(NC(=O)c2ccc(COc3cc(C)c(Cl)cc3C(C)C)o2)c1C(=O)N(C)C. The molecular weight excluding hydrogens is 444 g/mol. The highest BCUT2D eigenvalue weighted by molar-refractivity contribution is 6.31. The first kappa shape index (κ1) is 24.4. The first-order valence-electron chi connectivity index (χ1n) is 10.7. The molecule has 0 radical (unpaired) electrons. The average molecular weight is 473 g/mol. The standard InChI is InChI=1S/C24H29ClN4O4/c1-7-29-22(24(31)28(5)6)19(12-26-29)27-23(30)20-9-8-16(33-20)13-32-21-10-15(4)18(25)11-17(21)14(2)3/h8-12,14H,7,13H2,1-6H3,(H,27,30). The third-order valence-electron chi connectivity index (χ3n) is 5.16. The van der Waals surface area contributed by atoms with E-state index in [0.29, 0.717) is 28.7 Å². The molecule has 1 N–H and O–H groups in total. The number of nitrogens with zero attached hydrogens (tertiary/aromatic N) is 3. The van der Waals surface area contributed by atoms with Gasteiger partial charge in [-0.1, -0.05) is 25.4 Å². The number of anilines is 1. The number of furan rings is 1. The van der Waals surface area contributed by atoms with Gasteiger partial charge in [-0.3, -0.25) is 14.3 Å². The van der Waals surface area contributed by atoms with Crippen molar-refractivity contribution in [1.29, 1.82) is 0 Å². The topological polar surface area (TPSA) is 89.6 Å². The van der Waals surface area contributed by atoms with Gasteiger partial charge in [-0.25, -0.2) is 0 Å². The fourth-order valence-electron chi connectivity index (χ4n) is 3.31. The summed E-state index contributed by atoms with van der Waals surface area (Å²) in [6, 6.07) is 7.08. The van der Waals surface area contributed by atoms with Gasteiger partial charge in [0, 0.05) is 25.7 Å². The predicted molar refractivity (Wildman–Crippen MR) is 127 cm³/mol. The molecule has 0 bridgehead atoms. The molecule has 2 aromatic heterocycles. The number of rotatable bonds is 8. The molecule has 0 aliphatic carbocycles. The first-order valence-corrected chi connectivity index (χ1v) is 11.1. The van der Waals surface area contributed by atoms with Crippen LogP contribution in [0.4, 0.5) is 5.69 Å². The van der Waals surface area contributed by atoms with E-state index in [0.717, 1.165) is 16.9 Å². The normalized spacial score (nSPS) is 11.0. The van der Waals surface area contributed by atoms with Gasteiger partial charge in [0.1, 0.15) is 23.8 Å². The van der Waals surface area contributed by atoms with Crippen LogP contribution in [-0.2, 0) is 13.2 Å². The number of hydrogen-bond donors (Lipinski definition) is 1. The van der Waals surface area contributed by atoms with E-state index in [1.165, 1.54) is 11.1 Å². The summed E-state index contributed by atoms with van der Waals surface area (Å²) in [4.78, 5) is 26.7. The molecule has 2 heterocycles. The van der Waals surface area contributed by atoms with E-state index in [1.807, 2.05) is 26.0 Å².